The number of anilines is 3. The van der Waals surface area contributed by atoms with Crippen LogP contribution in [-0.2, 0) is 4.79 Å². The van der Waals surface area contributed by atoms with Gasteiger partial charge in [-0.25, -0.2) is 13.2 Å². The fourth-order valence-corrected chi connectivity index (χ4v) is 3.59. The molecule has 1 amide bonds. The van der Waals surface area contributed by atoms with Crippen LogP contribution in [0.25, 0.3) is 0 Å². The van der Waals surface area contributed by atoms with Crippen molar-refractivity contribution in [3.8, 4) is 0 Å². The Labute approximate surface area is 161 Å². The molecule has 0 aliphatic rings. The van der Waals surface area contributed by atoms with Crippen LogP contribution >= 0.6 is 23.1 Å². The van der Waals surface area contributed by atoms with Crippen molar-refractivity contribution in [1.82, 2.24) is 10.2 Å². The number of benzene rings is 2. The predicted molar refractivity (Wildman–Crippen MR) is 100 cm³/mol. The molecular formula is C17H13F3N4OS2. The summed E-state index contributed by atoms with van der Waals surface area (Å²) in [6.07, 6.45) is 0. The van der Waals surface area contributed by atoms with Gasteiger partial charge >= 0.3 is 0 Å². The van der Waals surface area contributed by atoms with Crippen molar-refractivity contribution in [3.05, 3.63) is 59.4 Å². The van der Waals surface area contributed by atoms with Crippen LogP contribution in [0, 0.1) is 24.4 Å². The molecule has 0 fully saturated rings. The van der Waals surface area contributed by atoms with Gasteiger partial charge in [0.25, 0.3) is 0 Å². The summed E-state index contributed by atoms with van der Waals surface area (Å²) in [5, 5.41) is 13.8. The quantitative estimate of drug-likeness (QED) is 0.454. The van der Waals surface area contributed by atoms with E-state index in [-0.39, 0.29) is 5.75 Å². The molecule has 0 unspecified atom stereocenters. The number of aryl methyl sites for hydroxylation is 1. The van der Waals surface area contributed by atoms with Crippen molar-refractivity contribution in [2.75, 3.05) is 16.4 Å². The lowest BCUT2D eigenvalue weighted by atomic mass is 10.2. The lowest BCUT2D eigenvalue weighted by molar-refractivity contribution is -0.113. The van der Waals surface area contributed by atoms with E-state index in [1.165, 1.54) is 11.3 Å². The minimum absolute atomic E-state index is 0.0857. The molecule has 0 bridgehead atoms. The van der Waals surface area contributed by atoms with Crippen LogP contribution < -0.4 is 10.6 Å². The van der Waals surface area contributed by atoms with Gasteiger partial charge in [0, 0.05) is 5.69 Å². The first kappa shape index (κ1) is 19.2. The molecule has 0 aliphatic carbocycles. The second-order valence-corrected chi connectivity index (χ2v) is 7.62. The lowest BCUT2D eigenvalue weighted by Gasteiger charge is -2.06. The Morgan fingerprint density at radius 3 is 2.56 bits per heavy atom. The average molecular weight is 410 g/mol. The molecule has 5 nitrogen and oxygen atoms in total. The fourth-order valence-electron chi connectivity index (χ4n) is 2.01. The number of carbonyl (C=O) groups is 1. The van der Waals surface area contributed by atoms with Crippen LogP contribution in [0.4, 0.5) is 29.7 Å². The van der Waals surface area contributed by atoms with Crippen LogP contribution in [0.15, 0.2) is 40.7 Å². The first-order valence-electron chi connectivity index (χ1n) is 7.65. The number of thioether (sulfide) groups is 1. The van der Waals surface area contributed by atoms with Gasteiger partial charge in [0.15, 0.2) is 21.8 Å². The summed E-state index contributed by atoms with van der Waals surface area (Å²) in [5.41, 5.74) is 1.58. The van der Waals surface area contributed by atoms with E-state index >= 15 is 0 Å². The van der Waals surface area contributed by atoms with E-state index in [0.717, 1.165) is 35.1 Å². The Morgan fingerprint density at radius 1 is 1.07 bits per heavy atom. The van der Waals surface area contributed by atoms with E-state index in [0.29, 0.717) is 9.47 Å². The molecule has 0 aliphatic heterocycles. The SMILES string of the molecule is Cc1ccc(Nc2nnc(SCC(=O)Nc3ccc(F)c(F)c3F)s2)cc1. The zero-order valence-electron chi connectivity index (χ0n) is 13.9. The van der Waals surface area contributed by atoms with E-state index < -0.39 is 29.0 Å². The van der Waals surface area contributed by atoms with Gasteiger partial charge in [-0.15, -0.1) is 10.2 Å². The molecule has 0 saturated carbocycles. The maximum Gasteiger partial charge on any atom is 0.234 e. The van der Waals surface area contributed by atoms with Crippen LogP contribution in [0.2, 0.25) is 0 Å². The highest BCUT2D eigenvalue weighted by atomic mass is 32.2. The fraction of sp³-hybridized carbons (Fsp3) is 0.118. The van der Waals surface area contributed by atoms with Gasteiger partial charge in [-0.1, -0.05) is 40.8 Å². The average Bonchev–Trinajstić information content (AvgIpc) is 3.10. The van der Waals surface area contributed by atoms with E-state index in [4.69, 9.17) is 0 Å². The van der Waals surface area contributed by atoms with Gasteiger partial charge in [0.2, 0.25) is 11.0 Å². The number of aromatic nitrogens is 2. The summed E-state index contributed by atoms with van der Waals surface area (Å²) < 4.78 is 40.1. The van der Waals surface area contributed by atoms with Crippen LogP contribution in [-0.4, -0.2) is 21.9 Å². The number of amides is 1. The molecule has 1 aromatic heterocycles. The van der Waals surface area contributed by atoms with Gasteiger partial charge in [-0.2, -0.15) is 0 Å². The monoisotopic (exact) mass is 410 g/mol. The molecule has 140 valence electrons. The highest BCUT2D eigenvalue weighted by Gasteiger charge is 2.16. The minimum atomic E-state index is -1.63. The number of carbonyl (C=O) groups excluding carboxylic acids is 1. The first-order chi connectivity index (χ1) is 12.9. The molecule has 0 radical (unpaired) electrons. The van der Waals surface area contributed by atoms with Crippen molar-refractivity contribution in [2.24, 2.45) is 0 Å². The maximum atomic E-state index is 13.6. The summed E-state index contributed by atoms with van der Waals surface area (Å²) >= 11 is 2.35. The molecule has 1 heterocycles. The highest BCUT2D eigenvalue weighted by Crippen LogP contribution is 2.28. The summed E-state index contributed by atoms with van der Waals surface area (Å²) in [6.45, 7) is 1.99. The Bertz CT molecular complexity index is 963. The lowest BCUT2D eigenvalue weighted by Crippen LogP contribution is -2.15. The van der Waals surface area contributed by atoms with Gasteiger partial charge in [-0.05, 0) is 31.2 Å². The van der Waals surface area contributed by atoms with Crippen molar-refractivity contribution in [3.63, 3.8) is 0 Å². The van der Waals surface area contributed by atoms with Crippen molar-refractivity contribution >= 4 is 45.5 Å². The predicted octanol–water partition coefficient (Wildman–Crippen LogP) is 4.74. The number of nitrogens with one attached hydrogen (secondary N) is 2. The zero-order chi connectivity index (χ0) is 19.4. The van der Waals surface area contributed by atoms with Crippen molar-refractivity contribution < 1.29 is 18.0 Å². The third kappa shape index (κ3) is 4.98. The van der Waals surface area contributed by atoms with E-state index in [1.54, 1.807) is 0 Å². The molecule has 27 heavy (non-hydrogen) atoms. The van der Waals surface area contributed by atoms with Crippen LogP contribution in [0.1, 0.15) is 5.56 Å². The second kappa shape index (κ2) is 8.40. The number of rotatable bonds is 6. The molecule has 0 atom stereocenters. The molecule has 10 heteroatoms. The van der Waals surface area contributed by atoms with Crippen molar-refractivity contribution in [1.29, 1.82) is 0 Å². The molecule has 3 rings (SSSR count). The normalized spacial score (nSPS) is 10.7. The maximum absolute atomic E-state index is 13.6. The summed E-state index contributed by atoms with van der Waals surface area (Å²) in [4.78, 5) is 11.9. The Balaban J connectivity index is 1.54. The van der Waals surface area contributed by atoms with Gasteiger partial charge in [-0.3, -0.25) is 4.79 Å². The molecule has 3 aromatic rings. The largest absolute Gasteiger partial charge is 0.330 e. The Morgan fingerprint density at radius 2 is 1.81 bits per heavy atom. The summed E-state index contributed by atoms with van der Waals surface area (Å²) in [5.74, 6) is -5.04. The molecule has 2 N–H and O–H groups in total. The standard InChI is InChI=1S/C17H13F3N4OS2/c1-9-2-4-10(5-3-9)21-16-23-24-17(27-16)26-8-13(25)22-12-7-6-11(18)14(19)15(12)20/h2-7H,8H2,1H3,(H,21,23)(H,22,25). The highest BCUT2D eigenvalue weighted by molar-refractivity contribution is 8.01. The van der Waals surface area contributed by atoms with Gasteiger partial charge < -0.3 is 10.6 Å². The summed E-state index contributed by atoms with van der Waals surface area (Å²) in [6, 6.07) is 9.45. The number of nitrogens with zero attached hydrogens (tertiary/aromatic N) is 2. The Kier molecular flexibility index (Phi) is 5.97. The Hall–Kier alpha value is -2.59. The van der Waals surface area contributed by atoms with Crippen molar-refractivity contribution in [2.45, 2.75) is 11.3 Å². The van der Waals surface area contributed by atoms with E-state index in [9.17, 15) is 18.0 Å². The number of hydrogen-bond donors (Lipinski definition) is 2. The first-order valence-corrected chi connectivity index (χ1v) is 9.46. The van der Waals surface area contributed by atoms with Crippen LogP contribution in [0.3, 0.4) is 0 Å². The topological polar surface area (TPSA) is 66.9 Å². The third-order valence-corrected chi connectivity index (χ3v) is 5.32. The smallest absolute Gasteiger partial charge is 0.234 e. The summed E-state index contributed by atoms with van der Waals surface area (Å²) in [7, 11) is 0. The minimum Gasteiger partial charge on any atom is -0.330 e. The van der Waals surface area contributed by atoms with Gasteiger partial charge in [0.1, 0.15) is 0 Å². The second-order valence-electron chi connectivity index (χ2n) is 5.42. The number of halogens is 3. The van der Waals surface area contributed by atoms with Gasteiger partial charge in [0.05, 0.1) is 11.4 Å². The number of hydrogen-bond acceptors (Lipinski definition) is 6. The van der Waals surface area contributed by atoms with E-state index in [2.05, 4.69) is 20.8 Å². The zero-order valence-corrected chi connectivity index (χ0v) is 15.6. The van der Waals surface area contributed by atoms with E-state index in [1.807, 2.05) is 31.2 Å². The molecular weight excluding hydrogens is 397 g/mol. The van der Waals surface area contributed by atoms with Crippen LogP contribution in [0.5, 0.6) is 0 Å². The molecule has 2 aromatic carbocycles. The molecule has 0 saturated heterocycles. The third-order valence-electron chi connectivity index (χ3n) is 3.35. The molecule has 0 spiro atoms.